The van der Waals surface area contributed by atoms with Gasteiger partial charge in [-0.05, 0) is 52.0 Å². The van der Waals surface area contributed by atoms with Gasteiger partial charge < -0.3 is 20.3 Å². The van der Waals surface area contributed by atoms with Crippen LogP contribution in [-0.4, -0.2) is 61.6 Å². The molecule has 2 aliphatic rings. The van der Waals surface area contributed by atoms with Crippen LogP contribution in [0.3, 0.4) is 0 Å². The fourth-order valence-corrected chi connectivity index (χ4v) is 3.29. The molecular formula is C16H29N3O3. The fraction of sp³-hybridized carbons (Fsp3) is 0.875. The van der Waals surface area contributed by atoms with E-state index in [1.165, 1.54) is 0 Å². The highest BCUT2D eigenvalue weighted by Gasteiger charge is 2.28. The van der Waals surface area contributed by atoms with Crippen LogP contribution in [0.25, 0.3) is 0 Å². The van der Waals surface area contributed by atoms with Crippen LogP contribution >= 0.6 is 0 Å². The second kappa shape index (κ2) is 8.48. The molecule has 2 heterocycles. The van der Waals surface area contributed by atoms with Crippen molar-refractivity contribution in [1.29, 1.82) is 0 Å². The van der Waals surface area contributed by atoms with Gasteiger partial charge in [0.1, 0.15) is 6.10 Å². The summed E-state index contributed by atoms with van der Waals surface area (Å²) in [7, 11) is 0. The Morgan fingerprint density at radius 3 is 2.86 bits per heavy atom. The third-order valence-corrected chi connectivity index (χ3v) is 4.54. The standard InChI is InChI=1S/C16H29N3O3/c1-3-22-12(2)16(21)19-9-5-6-13(11-19)10-18-15(20)14-7-4-8-17-14/h12-14,17H,3-11H2,1-2H3,(H,18,20). The van der Waals surface area contributed by atoms with E-state index in [0.29, 0.717) is 25.6 Å². The summed E-state index contributed by atoms with van der Waals surface area (Å²) in [5, 5.41) is 6.24. The van der Waals surface area contributed by atoms with Crippen LogP contribution in [0.15, 0.2) is 0 Å². The predicted octanol–water partition coefficient (Wildman–Crippen LogP) is 0.518. The Morgan fingerprint density at radius 2 is 2.18 bits per heavy atom. The second-order valence-electron chi connectivity index (χ2n) is 6.28. The molecule has 0 spiro atoms. The molecule has 0 bridgehead atoms. The summed E-state index contributed by atoms with van der Waals surface area (Å²) in [6, 6.07) is -0.0284. The average molecular weight is 311 g/mol. The summed E-state index contributed by atoms with van der Waals surface area (Å²) in [5.74, 6) is 0.510. The van der Waals surface area contributed by atoms with Crippen LogP contribution in [0.5, 0.6) is 0 Å². The number of nitrogens with one attached hydrogen (secondary N) is 2. The zero-order valence-corrected chi connectivity index (χ0v) is 13.8. The minimum absolute atomic E-state index is 0.0284. The van der Waals surface area contributed by atoms with E-state index in [0.717, 1.165) is 38.8 Å². The first-order chi connectivity index (χ1) is 10.6. The van der Waals surface area contributed by atoms with E-state index in [1.54, 1.807) is 0 Å². The fourth-order valence-electron chi connectivity index (χ4n) is 3.29. The van der Waals surface area contributed by atoms with E-state index < -0.39 is 0 Å². The van der Waals surface area contributed by atoms with Crippen LogP contribution in [0.1, 0.15) is 39.5 Å². The molecular weight excluding hydrogens is 282 g/mol. The van der Waals surface area contributed by atoms with Crippen LogP contribution in [-0.2, 0) is 14.3 Å². The molecule has 3 unspecified atom stereocenters. The third-order valence-electron chi connectivity index (χ3n) is 4.54. The largest absolute Gasteiger partial charge is 0.369 e. The molecule has 126 valence electrons. The monoisotopic (exact) mass is 311 g/mol. The molecule has 0 saturated carbocycles. The van der Waals surface area contributed by atoms with E-state index in [9.17, 15) is 9.59 Å². The Hall–Kier alpha value is -1.14. The van der Waals surface area contributed by atoms with E-state index >= 15 is 0 Å². The maximum Gasteiger partial charge on any atom is 0.251 e. The van der Waals surface area contributed by atoms with Crippen molar-refractivity contribution < 1.29 is 14.3 Å². The second-order valence-corrected chi connectivity index (χ2v) is 6.28. The molecule has 0 aromatic rings. The van der Waals surface area contributed by atoms with Gasteiger partial charge in [-0.1, -0.05) is 0 Å². The Morgan fingerprint density at radius 1 is 1.36 bits per heavy atom. The number of piperidine rings is 1. The number of carbonyl (C=O) groups excluding carboxylic acids is 2. The smallest absolute Gasteiger partial charge is 0.251 e. The summed E-state index contributed by atoms with van der Waals surface area (Å²) < 4.78 is 5.39. The normalized spacial score (nSPS) is 26.7. The lowest BCUT2D eigenvalue weighted by atomic mass is 9.97. The van der Waals surface area contributed by atoms with Gasteiger partial charge in [-0.25, -0.2) is 0 Å². The summed E-state index contributed by atoms with van der Waals surface area (Å²) in [5.41, 5.74) is 0. The minimum atomic E-state index is -0.374. The van der Waals surface area contributed by atoms with Gasteiger partial charge in [-0.3, -0.25) is 9.59 Å². The average Bonchev–Trinajstić information content (AvgIpc) is 3.07. The molecule has 0 radical (unpaired) electrons. The van der Waals surface area contributed by atoms with E-state index in [1.807, 2.05) is 18.7 Å². The highest BCUT2D eigenvalue weighted by Crippen LogP contribution is 2.17. The number of amides is 2. The Bertz CT molecular complexity index is 383. The number of nitrogens with zero attached hydrogens (tertiary/aromatic N) is 1. The Balaban J connectivity index is 1.75. The first kappa shape index (κ1) is 17.2. The highest BCUT2D eigenvalue weighted by atomic mass is 16.5. The molecule has 6 heteroatoms. The molecule has 0 aromatic heterocycles. The molecule has 0 aromatic carbocycles. The van der Waals surface area contributed by atoms with Crippen molar-refractivity contribution in [1.82, 2.24) is 15.5 Å². The van der Waals surface area contributed by atoms with Crippen LogP contribution in [0.4, 0.5) is 0 Å². The lowest BCUT2D eigenvalue weighted by molar-refractivity contribution is -0.144. The van der Waals surface area contributed by atoms with Crippen molar-refractivity contribution in [3.63, 3.8) is 0 Å². The van der Waals surface area contributed by atoms with Crippen molar-refractivity contribution in [2.45, 2.75) is 51.7 Å². The molecule has 2 rings (SSSR count). The van der Waals surface area contributed by atoms with E-state index in [4.69, 9.17) is 4.74 Å². The van der Waals surface area contributed by atoms with E-state index in [2.05, 4.69) is 10.6 Å². The lowest BCUT2D eigenvalue weighted by Gasteiger charge is -2.34. The molecule has 0 aliphatic carbocycles. The molecule has 3 atom stereocenters. The number of hydrogen-bond donors (Lipinski definition) is 2. The summed E-state index contributed by atoms with van der Waals surface area (Å²) in [4.78, 5) is 26.2. The number of likely N-dealkylation sites (tertiary alicyclic amines) is 1. The number of hydrogen-bond acceptors (Lipinski definition) is 4. The quantitative estimate of drug-likeness (QED) is 0.750. The zero-order chi connectivity index (χ0) is 15.9. The molecule has 2 saturated heterocycles. The number of carbonyl (C=O) groups is 2. The topological polar surface area (TPSA) is 70.7 Å². The van der Waals surface area contributed by atoms with Crippen molar-refractivity contribution in [2.75, 3.05) is 32.8 Å². The van der Waals surface area contributed by atoms with Gasteiger partial charge in [0, 0.05) is 26.2 Å². The minimum Gasteiger partial charge on any atom is -0.369 e. The Kier molecular flexibility index (Phi) is 6.64. The molecule has 2 aliphatic heterocycles. The first-order valence-corrected chi connectivity index (χ1v) is 8.53. The molecule has 2 N–H and O–H groups in total. The molecule has 2 amide bonds. The van der Waals surface area contributed by atoms with Gasteiger partial charge in [-0.15, -0.1) is 0 Å². The van der Waals surface area contributed by atoms with Crippen molar-refractivity contribution >= 4 is 11.8 Å². The molecule has 2 fully saturated rings. The van der Waals surface area contributed by atoms with Gasteiger partial charge >= 0.3 is 0 Å². The van der Waals surface area contributed by atoms with Gasteiger partial charge in [0.05, 0.1) is 6.04 Å². The van der Waals surface area contributed by atoms with Crippen molar-refractivity contribution in [3.8, 4) is 0 Å². The van der Waals surface area contributed by atoms with Gasteiger partial charge in [-0.2, -0.15) is 0 Å². The van der Waals surface area contributed by atoms with Gasteiger partial charge in [0.2, 0.25) is 5.91 Å². The van der Waals surface area contributed by atoms with Crippen LogP contribution in [0.2, 0.25) is 0 Å². The third kappa shape index (κ3) is 4.68. The maximum absolute atomic E-state index is 12.3. The predicted molar refractivity (Wildman–Crippen MR) is 84.4 cm³/mol. The zero-order valence-electron chi connectivity index (χ0n) is 13.8. The first-order valence-electron chi connectivity index (χ1n) is 8.53. The van der Waals surface area contributed by atoms with Gasteiger partial charge in [0.25, 0.3) is 5.91 Å². The summed E-state index contributed by atoms with van der Waals surface area (Å²) in [6.07, 6.45) is 3.67. The Labute approximate surface area is 132 Å². The SMILES string of the molecule is CCOC(C)C(=O)N1CCCC(CNC(=O)C2CCCN2)C1. The summed E-state index contributed by atoms with van der Waals surface area (Å²) in [6.45, 7) is 7.36. The van der Waals surface area contributed by atoms with Crippen LogP contribution < -0.4 is 10.6 Å². The van der Waals surface area contributed by atoms with Crippen LogP contribution in [0, 0.1) is 5.92 Å². The van der Waals surface area contributed by atoms with Crippen molar-refractivity contribution in [2.24, 2.45) is 5.92 Å². The maximum atomic E-state index is 12.3. The summed E-state index contributed by atoms with van der Waals surface area (Å²) >= 11 is 0. The van der Waals surface area contributed by atoms with E-state index in [-0.39, 0.29) is 24.0 Å². The lowest BCUT2D eigenvalue weighted by Crippen LogP contribution is -2.48. The molecule has 6 nitrogen and oxygen atoms in total. The molecule has 22 heavy (non-hydrogen) atoms. The van der Waals surface area contributed by atoms with Crippen molar-refractivity contribution in [3.05, 3.63) is 0 Å². The number of rotatable bonds is 6. The highest BCUT2D eigenvalue weighted by molar-refractivity contribution is 5.82. The number of ether oxygens (including phenoxy) is 1. The van der Waals surface area contributed by atoms with Gasteiger partial charge in [0.15, 0.2) is 0 Å².